The minimum absolute atomic E-state index is 0.104. The van der Waals surface area contributed by atoms with Crippen molar-refractivity contribution in [2.24, 2.45) is 11.5 Å². The minimum atomic E-state index is -3.39. The normalized spacial score (nSPS) is 12.3. The predicted octanol–water partition coefficient (Wildman–Crippen LogP) is 2.06. The molecule has 36 heavy (non-hydrogen) atoms. The van der Waals surface area contributed by atoms with Gasteiger partial charge in [0.1, 0.15) is 17.2 Å². The second kappa shape index (κ2) is 9.32. The van der Waals surface area contributed by atoms with E-state index in [1.165, 1.54) is 6.20 Å². The molecule has 12 heteroatoms. The average Bonchev–Trinajstić information content (AvgIpc) is 3.25. The highest BCUT2D eigenvalue weighted by Crippen LogP contribution is 2.36. The fourth-order valence-corrected chi connectivity index (χ4v) is 4.58. The van der Waals surface area contributed by atoms with Gasteiger partial charge in [0.2, 0.25) is 5.76 Å². The van der Waals surface area contributed by atoms with E-state index in [2.05, 4.69) is 20.4 Å². The molecule has 2 aromatic heterocycles. The fraction of sp³-hybridized carbons (Fsp3) is 0.208. The van der Waals surface area contributed by atoms with Gasteiger partial charge in [-0.3, -0.25) is 16.8 Å². The number of sulfone groups is 1. The van der Waals surface area contributed by atoms with Gasteiger partial charge < -0.3 is 16.0 Å². The lowest BCUT2D eigenvalue weighted by Gasteiger charge is -2.24. The van der Waals surface area contributed by atoms with E-state index in [0.29, 0.717) is 28.1 Å². The Kier molecular flexibility index (Phi) is 6.54. The van der Waals surface area contributed by atoms with Crippen molar-refractivity contribution in [2.45, 2.75) is 29.8 Å². The molecule has 9 N–H and O–H groups in total. The quantitative estimate of drug-likeness (QED) is 0.229. The lowest BCUT2D eigenvalue weighted by atomic mass is 10.0. The summed E-state index contributed by atoms with van der Waals surface area (Å²) in [5, 5.41) is 6.41. The van der Waals surface area contributed by atoms with Crippen LogP contribution in [0.1, 0.15) is 19.4 Å². The van der Waals surface area contributed by atoms with Gasteiger partial charge in [0, 0.05) is 16.7 Å². The molecule has 0 unspecified atom stereocenters. The van der Waals surface area contributed by atoms with E-state index in [-0.39, 0.29) is 27.9 Å². The zero-order valence-corrected chi connectivity index (χ0v) is 20.9. The Morgan fingerprint density at radius 1 is 0.944 bits per heavy atom. The largest absolute Gasteiger partial charge is 0.394 e. The Balaban J connectivity index is 1.68. The summed E-state index contributed by atoms with van der Waals surface area (Å²) in [6, 6.07) is 13.5. The molecule has 0 amide bonds. The number of hydrogen-bond donors (Lipinski definition) is 5. The first-order valence-electron chi connectivity index (χ1n) is 11.1. The van der Waals surface area contributed by atoms with Gasteiger partial charge in [0.25, 0.3) is 0 Å². The highest BCUT2D eigenvalue weighted by molar-refractivity contribution is 7.92. The van der Waals surface area contributed by atoms with Crippen molar-refractivity contribution in [3.8, 4) is 34.0 Å². The van der Waals surface area contributed by atoms with Gasteiger partial charge in [-0.2, -0.15) is 0 Å². The molecule has 0 radical (unpaired) electrons. The molecular formula is C24H28N8O3S. The maximum absolute atomic E-state index is 12.4. The van der Waals surface area contributed by atoms with Crippen LogP contribution in [0.5, 0.6) is 0 Å². The number of rotatable bonds is 7. The second-order valence-electron chi connectivity index (χ2n) is 8.58. The molecule has 0 saturated carbocycles. The molecule has 2 aromatic carbocycles. The Hall–Kier alpha value is -3.84. The Morgan fingerprint density at radius 3 is 2.14 bits per heavy atom. The molecule has 0 spiro atoms. The molecule has 0 aliphatic heterocycles. The summed E-state index contributed by atoms with van der Waals surface area (Å²) in [4.78, 5) is 9.03. The van der Waals surface area contributed by atoms with Gasteiger partial charge in [-0.25, -0.2) is 18.4 Å². The van der Waals surface area contributed by atoms with E-state index in [9.17, 15) is 8.42 Å². The molecular weight excluding hydrogens is 480 g/mol. The summed E-state index contributed by atoms with van der Waals surface area (Å²) in [5.74, 6) is -0.907. The van der Waals surface area contributed by atoms with Gasteiger partial charge in [0.05, 0.1) is 22.0 Å². The first kappa shape index (κ1) is 25.3. The summed E-state index contributed by atoms with van der Waals surface area (Å²) < 4.78 is 30.3. The van der Waals surface area contributed by atoms with Crippen molar-refractivity contribution in [1.82, 2.24) is 20.4 Å². The summed E-state index contributed by atoms with van der Waals surface area (Å²) in [7, 11) is -1.72. The van der Waals surface area contributed by atoms with Crippen LogP contribution in [0.4, 0.5) is 11.5 Å². The number of benzene rings is 2. The number of nitrogen functional groups attached to an aromatic ring is 2. The maximum atomic E-state index is 12.4. The van der Waals surface area contributed by atoms with Crippen LogP contribution < -0.4 is 28.3 Å². The summed E-state index contributed by atoms with van der Waals surface area (Å²) in [6.45, 7) is 3.27. The number of aromatic nitrogens is 3. The molecule has 11 nitrogen and oxygen atoms in total. The number of nitrogens with two attached hydrogens (primary N) is 4. The SMILES string of the molecule is CNC(N)(N)c1ccc(-c2noc(-c3nc(-c4ccc(S(=O)(=O)C(C)C)cc4)cnc3N)c2N)cc1. The Morgan fingerprint density at radius 2 is 1.56 bits per heavy atom. The molecule has 0 saturated heterocycles. The van der Waals surface area contributed by atoms with Crippen molar-refractivity contribution >= 4 is 21.3 Å². The third kappa shape index (κ3) is 4.54. The number of nitrogens with one attached hydrogen (secondary N) is 1. The third-order valence-electron chi connectivity index (χ3n) is 5.89. The first-order valence-corrected chi connectivity index (χ1v) is 12.6. The van der Waals surface area contributed by atoms with Crippen LogP contribution >= 0.6 is 0 Å². The van der Waals surface area contributed by atoms with Gasteiger partial charge in [-0.15, -0.1) is 0 Å². The maximum Gasteiger partial charge on any atom is 0.212 e. The van der Waals surface area contributed by atoms with Crippen molar-refractivity contribution in [3.05, 3.63) is 60.3 Å². The Labute approximate surface area is 208 Å². The van der Waals surface area contributed by atoms with Crippen LogP contribution in [0.3, 0.4) is 0 Å². The highest BCUT2D eigenvalue weighted by atomic mass is 32.2. The minimum Gasteiger partial charge on any atom is -0.394 e. The molecule has 0 aliphatic rings. The lowest BCUT2D eigenvalue weighted by molar-refractivity contribution is 0.392. The summed E-state index contributed by atoms with van der Waals surface area (Å²) in [6.07, 6.45) is 1.49. The van der Waals surface area contributed by atoms with Crippen LogP contribution in [-0.4, -0.2) is 35.8 Å². The highest BCUT2D eigenvalue weighted by Gasteiger charge is 2.23. The van der Waals surface area contributed by atoms with Crippen molar-refractivity contribution < 1.29 is 12.9 Å². The molecule has 4 aromatic rings. The number of nitrogens with zero attached hydrogens (tertiary/aromatic N) is 3. The topological polar surface area (TPSA) is 202 Å². The monoisotopic (exact) mass is 508 g/mol. The third-order valence-corrected chi connectivity index (χ3v) is 8.06. The van der Waals surface area contributed by atoms with Crippen LogP contribution in [0.2, 0.25) is 0 Å². The Bertz CT molecular complexity index is 1500. The van der Waals surface area contributed by atoms with E-state index in [1.807, 2.05) is 0 Å². The molecule has 188 valence electrons. The number of anilines is 2. The summed E-state index contributed by atoms with van der Waals surface area (Å²) >= 11 is 0. The van der Waals surface area contributed by atoms with Gasteiger partial charge in [0.15, 0.2) is 21.3 Å². The number of hydrogen-bond acceptors (Lipinski definition) is 11. The van der Waals surface area contributed by atoms with E-state index in [4.69, 9.17) is 27.5 Å². The van der Waals surface area contributed by atoms with Gasteiger partial charge in [-0.05, 0) is 33.0 Å². The molecule has 0 atom stereocenters. The average molecular weight is 509 g/mol. The molecule has 0 bridgehead atoms. The molecule has 4 rings (SSSR count). The molecule has 0 aliphatic carbocycles. The standard InChI is InChI=1S/C24H28N8O3S/c1-13(2)36(33,34)17-10-6-14(7-11-17)18-12-30-23(26)21(31-18)22-19(25)20(32-35-22)15-4-8-16(9-5-15)24(27,28)29-3/h4-13,29H,25,27-28H2,1-3H3,(H2,26,30). The van der Waals surface area contributed by atoms with Crippen molar-refractivity contribution in [2.75, 3.05) is 18.5 Å². The van der Waals surface area contributed by atoms with Gasteiger partial charge in [-0.1, -0.05) is 41.6 Å². The first-order chi connectivity index (χ1) is 17.0. The van der Waals surface area contributed by atoms with Crippen LogP contribution in [0.25, 0.3) is 34.0 Å². The molecule has 2 heterocycles. The fourth-order valence-electron chi connectivity index (χ4n) is 3.52. The van der Waals surface area contributed by atoms with Crippen LogP contribution in [0, 0.1) is 0 Å². The zero-order chi connectivity index (χ0) is 26.3. The smallest absolute Gasteiger partial charge is 0.212 e. The predicted molar refractivity (Wildman–Crippen MR) is 139 cm³/mol. The van der Waals surface area contributed by atoms with E-state index in [0.717, 1.165) is 0 Å². The van der Waals surface area contributed by atoms with Crippen molar-refractivity contribution in [3.63, 3.8) is 0 Å². The molecule has 0 fully saturated rings. The lowest BCUT2D eigenvalue weighted by Crippen LogP contribution is -2.56. The second-order valence-corrected chi connectivity index (χ2v) is 11.1. The van der Waals surface area contributed by atoms with Gasteiger partial charge >= 0.3 is 0 Å². The van der Waals surface area contributed by atoms with Crippen LogP contribution in [-0.2, 0) is 15.6 Å². The summed E-state index contributed by atoms with van der Waals surface area (Å²) in [5.41, 5.74) is 27.8. The van der Waals surface area contributed by atoms with E-state index < -0.39 is 20.9 Å². The van der Waals surface area contributed by atoms with Crippen molar-refractivity contribution in [1.29, 1.82) is 0 Å². The van der Waals surface area contributed by atoms with E-state index >= 15 is 0 Å². The van der Waals surface area contributed by atoms with E-state index in [1.54, 1.807) is 69.4 Å². The zero-order valence-electron chi connectivity index (χ0n) is 20.1. The van der Waals surface area contributed by atoms with Crippen LogP contribution in [0.15, 0.2) is 64.1 Å².